The zero-order valence-electron chi connectivity index (χ0n) is 11.8. The van der Waals surface area contributed by atoms with Gasteiger partial charge in [0, 0.05) is 13.6 Å². The Balaban J connectivity index is 2.62. The van der Waals surface area contributed by atoms with E-state index in [9.17, 15) is 9.59 Å². The molecule has 0 bridgehead atoms. The van der Waals surface area contributed by atoms with Crippen LogP contribution in [-0.2, 0) is 11.3 Å². The zero-order chi connectivity index (χ0) is 15.1. The lowest BCUT2D eigenvalue weighted by Crippen LogP contribution is -2.46. The third-order valence-electron chi connectivity index (χ3n) is 2.85. The molecule has 0 saturated heterocycles. The molecule has 0 spiro atoms. The Kier molecular flexibility index (Phi) is 5.77. The fourth-order valence-corrected chi connectivity index (χ4v) is 1.80. The summed E-state index contributed by atoms with van der Waals surface area (Å²) in [4.78, 5) is 24.4. The average Bonchev–Trinajstić information content (AvgIpc) is 2.37. The van der Waals surface area contributed by atoms with E-state index < -0.39 is 18.0 Å². The molecule has 1 aromatic rings. The molecule has 108 valence electrons. The first-order chi connectivity index (χ1) is 9.43. The number of amides is 2. The number of carboxylic acid groups (broad SMARTS) is 1. The van der Waals surface area contributed by atoms with Crippen molar-refractivity contribution in [2.75, 3.05) is 7.05 Å². The standard InChI is InChI=1S/C15H20N2O3/c1-4-6-13(14(18)19)16-15(20)17(3)10-12-8-5-7-11(2)9-12/h4-5,7-9,13H,1,6,10H2,2-3H3,(H,16,20)(H,18,19). The number of benzene rings is 1. The number of urea groups is 1. The Morgan fingerprint density at radius 3 is 2.75 bits per heavy atom. The average molecular weight is 276 g/mol. The molecule has 5 heteroatoms. The minimum absolute atomic E-state index is 0.194. The minimum Gasteiger partial charge on any atom is -0.480 e. The molecule has 0 aliphatic carbocycles. The first-order valence-corrected chi connectivity index (χ1v) is 6.35. The zero-order valence-corrected chi connectivity index (χ0v) is 11.8. The predicted molar refractivity (Wildman–Crippen MR) is 77.4 cm³/mol. The lowest BCUT2D eigenvalue weighted by Gasteiger charge is -2.21. The summed E-state index contributed by atoms with van der Waals surface area (Å²) in [5, 5.41) is 11.4. The Morgan fingerprint density at radius 2 is 2.20 bits per heavy atom. The molecule has 1 rings (SSSR count). The number of nitrogens with one attached hydrogen (secondary N) is 1. The molecule has 1 aromatic carbocycles. The molecule has 0 aliphatic heterocycles. The van der Waals surface area contributed by atoms with E-state index in [0.717, 1.165) is 11.1 Å². The van der Waals surface area contributed by atoms with E-state index in [2.05, 4.69) is 11.9 Å². The highest BCUT2D eigenvalue weighted by molar-refractivity contribution is 5.82. The lowest BCUT2D eigenvalue weighted by atomic mass is 10.1. The van der Waals surface area contributed by atoms with Gasteiger partial charge < -0.3 is 15.3 Å². The number of hydrogen-bond donors (Lipinski definition) is 2. The number of nitrogens with zero attached hydrogens (tertiary/aromatic N) is 1. The molecule has 5 nitrogen and oxygen atoms in total. The molecule has 20 heavy (non-hydrogen) atoms. The number of hydrogen-bond acceptors (Lipinski definition) is 2. The second kappa shape index (κ2) is 7.33. The summed E-state index contributed by atoms with van der Waals surface area (Å²) in [6.07, 6.45) is 1.67. The number of carboxylic acids is 1. The topological polar surface area (TPSA) is 69.6 Å². The summed E-state index contributed by atoms with van der Waals surface area (Å²) >= 11 is 0. The molecule has 1 atom stereocenters. The molecule has 0 saturated carbocycles. The lowest BCUT2D eigenvalue weighted by molar-refractivity contribution is -0.139. The minimum atomic E-state index is -1.07. The number of carbonyl (C=O) groups is 2. The smallest absolute Gasteiger partial charge is 0.326 e. The van der Waals surface area contributed by atoms with Gasteiger partial charge in [-0.15, -0.1) is 6.58 Å². The van der Waals surface area contributed by atoms with Crippen LogP contribution in [0.4, 0.5) is 4.79 Å². The van der Waals surface area contributed by atoms with Crippen molar-refractivity contribution in [1.82, 2.24) is 10.2 Å². The number of aryl methyl sites for hydroxylation is 1. The van der Waals surface area contributed by atoms with Crippen LogP contribution < -0.4 is 5.32 Å². The van der Waals surface area contributed by atoms with E-state index >= 15 is 0 Å². The van der Waals surface area contributed by atoms with E-state index in [0.29, 0.717) is 6.54 Å². The molecular weight excluding hydrogens is 256 g/mol. The predicted octanol–water partition coefficient (Wildman–Crippen LogP) is 2.17. The highest BCUT2D eigenvalue weighted by Crippen LogP contribution is 2.07. The SMILES string of the molecule is C=CCC(NC(=O)N(C)Cc1cccc(C)c1)C(=O)O. The van der Waals surface area contributed by atoms with E-state index in [4.69, 9.17) is 5.11 Å². The van der Waals surface area contributed by atoms with Gasteiger partial charge in [0.1, 0.15) is 6.04 Å². The van der Waals surface area contributed by atoms with Gasteiger partial charge in [-0.3, -0.25) is 0 Å². The largest absolute Gasteiger partial charge is 0.480 e. The first kappa shape index (κ1) is 15.8. The normalized spacial score (nSPS) is 11.5. The molecular formula is C15H20N2O3. The van der Waals surface area contributed by atoms with Gasteiger partial charge in [0.05, 0.1) is 0 Å². The van der Waals surface area contributed by atoms with Crippen molar-refractivity contribution in [1.29, 1.82) is 0 Å². The summed E-state index contributed by atoms with van der Waals surface area (Å²) in [5.41, 5.74) is 2.12. The van der Waals surface area contributed by atoms with Gasteiger partial charge in [-0.05, 0) is 18.9 Å². The Bertz CT molecular complexity index is 500. The summed E-state index contributed by atoms with van der Waals surface area (Å²) in [7, 11) is 1.63. The van der Waals surface area contributed by atoms with Crippen molar-refractivity contribution in [3.05, 3.63) is 48.0 Å². The fourth-order valence-electron chi connectivity index (χ4n) is 1.80. The van der Waals surface area contributed by atoms with Crippen LogP contribution in [0.3, 0.4) is 0 Å². The third-order valence-corrected chi connectivity index (χ3v) is 2.85. The van der Waals surface area contributed by atoms with Gasteiger partial charge in [0.2, 0.25) is 0 Å². The molecule has 0 radical (unpaired) electrons. The number of carbonyl (C=O) groups excluding carboxylic acids is 1. The van der Waals surface area contributed by atoms with Crippen LogP contribution in [0.1, 0.15) is 17.5 Å². The Labute approximate surface area is 118 Å². The third kappa shape index (κ3) is 4.76. The highest BCUT2D eigenvalue weighted by Gasteiger charge is 2.20. The van der Waals surface area contributed by atoms with Crippen LogP contribution in [0.15, 0.2) is 36.9 Å². The maximum absolute atomic E-state index is 11.9. The maximum Gasteiger partial charge on any atom is 0.326 e. The van der Waals surface area contributed by atoms with Crippen molar-refractivity contribution >= 4 is 12.0 Å². The molecule has 0 fully saturated rings. The second-order valence-corrected chi connectivity index (χ2v) is 4.71. The fraction of sp³-hybridized carbons (Fsp3) is 0.333. The Morgan fingerprint density at radius 1 is 1.50 bits per heavy atom. The molecule has 0 aromatic heterocycles. The molecule has 0 heterocycles. The highest BCUT2D eigenvalue weighted by atomic mass is 16.4. The number of aliphatic carboxylic acids is 1. The molecule has 2 N–H and O–H groups in total. The van der Waals surface area contributed by atoms with Crippen LogP contribution >= 0.6 is 0 Å². The summed E-state index contributed by atoms with van der Waals surface area (Å²) in [6.45, 7) is 5.89. The summed E-state index contributed by atoms with van der Waals surface area (Å²) in [5.74, 6) is -1.07. The van der Waals surface area contributed by atoms with Crippen molar-refractivity contribution in [3.8, 4) is 0 Å². The van der Waals surface area contributed by atoms with Crippen molar-refractivity contribution in [2.45, 2.75) is 25.9 Å². The van der Waals surface area contributed by atoms with Crippen LogP contribution in [0.25, 0.3) is 0 Å². The van der Waals surface area contributed by atoms with E-state index in [1.165, 1.54) is 11.0 Å². The van der Waals surface area contributed by atoms with Crippen molar-refractivity contribution in [3.63, 3.8) is 0 Å². The summed E-state index contributed by atoms with van der Waals surface area (Å²) in [6, 6.07) is 6.46. The van der Waals surface area contributed by atoms with Crippen LogP contribution in [-0.4, -0.2) is 35.1 Å². The quantitative estimate of drug-likeness (QED) is 0.782. The van der Waals surface area contributed by atoms with Crippen molar-refractivity contribution < 1.29 is 14.7 Å². The summed E-state index contributed by atoms with van der Waals surface area (Å²) < 4.78 is 0. The van der Waals surface area contributed by atoms with Gasteiger partial charge in [-0.2, -0.15) is 0 Å². The number of rotatable bonds is 6. The monoisotopic (exact) mass is 276 g/mol. The van der Waals surface area contributed by atoms with E-state index in [-0.39, 0.29) is 6.42 Å². The Hall–Kier alpha value is -2.30. The van der Waals surface area contributed by atoms with Crippen LogP contribution in [0, 0.1) is 6.92 Å². The van der Waals surface area contributed by atoms with Gasteiger partial charge in [0.15, 0.2) is 0 Å². The van der Waals surface area contributed by atoms with Gasteiger partial charge in [0.25, 0.3) is 0 Å². The van der Waals surface area contributed by atoms with Gasteiger partial charge in [-0.1, -0.05) is 35.9 Å². The van der Waals surface area contributed by atoms with Gasteiger partial charge >= 0.3 is 12.0 Å². The first-order valence-electron chi connectivity index (χ1n) is 6.35. The molecule has 0 aliphatic rings. The van der Waals surface area contributed by atoms with Crippen LogP contribution in [0.5, 0.6) is 0 Å². The second-order valence-electron chi connectivity index (χ2n) is 4.71. The van der Waals surface area contributed by atoms with Crippen molar-refractivity contribution in [2.24, 2.45) is 0 Å². The molecule has 2 amide bonds. The molecule has 1 unspecified atom stereocenters. The van der Waals surface area contributed by atoms with Crippen LogP contribution in [0.2, 0.25) is 0 Å². The maximum atomic E-state index is 11.9. The van der Waals surface area contributed by atoms with E-state index in [1.54, 1.807) is 7.05 Å². The van der Waals surface area contributed by atoms with Gasteiger partial charge in [-0.25, -0.2) is 9.59 Å². The van der Waals surface area contributed by atoms with E-state index in [1.807, 2.05) is 31.2 Å².